The molecule has 1 aliphatic carbocycles. The predicted octanol–water partition coefficient (Wildman–Crippen LogP) is 1.76. The van der Waals surface area contributed by atoms with Gasteiger partial charge < -0.3 is 10.1 Å². The second kappa shape index (κ2) is 5.41. The van der Waals surface area contributed by atoms with Crippen molar-refractivity contribution in [3.05, 3.63) is 35.9 Å². The van der Waals surface area contributed by atoms with E-state index in [1.54, 1.807) is 6.92 Å². The number of benzene rings is 1. The first-order valence-electron chi connectivity index (χ1n) is 6.42. The molecule has 100 valence electrons. The molecule has 0 bridgehead atoms. The normalized spacial score (nSPS) is 26.9. The number of ether oxygens (including phenoxy) is 1. The Kier molecular flexibility index (Phi) is 3.87. The molecule has 0 spiro atoms. The van der Waals surface area contributed by atoms with E-state index >= 15 is 0 Å². The minimum absolute atomic E-state index is 0.189. The highest BCUT2D eigenvalue weighted by atomic mass is 16.5. The predicted molar refractivity (Wildman–Crippen MR) is 71.4 cm³/mol. The summed E-state index contributed by atoms with van der Waals surface area (Å²) in [5, 5.41) is 12.6. The van der Waals surface area contributed by atoms with Gasteiger partial charge >= 0.3 is 5.97 Å². The van der Waals surface area contributed by atoms with Crippen LogP contribution in [0.4, 0.5) is 0 Å². The Morgan fingerprint density at radius 1 is 1.47 bits per heavy atom. The van der Waals surface area contributed by atoms with Crippen LogP contribution < -0.4 is 5.32 Å². The van der Waals surface area contributed by atoms with Gasteiger partial charge in [0.25, 0.3) is 0 Å². The molecular formula is C15H18N2O2. The van der Waals surface area contributed by atoms with Gasteiger partial charge in [-0.05, 0) is 25.3 Å². The molecule has 0 amide bonds. The first-order valence-corrected chi connectivity index (χ1v) is 6.42. The highest BCUT2D eigenvalue weighted by molar-refractivity contribution is 5.75. The minimum atomic E-state index is -0.408. The maximum Gasteiger partial charge on any atom is 0.322 e. The topological polar surface area (TPSA) is 62.1 Å². The molecule has 4 nitrogen and oxygen atoms in total. The zero-order valence-corrected chi connectivity index (χ0v) is 11.2. The molecule has 0 saturated heterocycles. The van der Waals surface area contributed by atoms with E-state index in [0.717, 1.165) is 18.4 Å². The smallest absolute Gasteiger partial charge is 0.322 e. The van der Waals surface area contributed by atoms with E-state index in [0.29, 0.717) is 0 Å². The van der Waals surface area contributed by atoms with Gasteiger partial charge in [0.1, 0.15) is 6.04 Å². The second-order valence-corrected chi connectivity index (χ2v) is 5.08. The SMILES string of the molecule is COC(=O)[C@H](C)NC1CC(C#N)(c2ccccc2)C1. The Balaban J connectivity index is 1.97. The number of rotatable bonds is 4. The van der Waals surface area contributed by atoms with Crippen LogP contribution in [0.1, 0.15) is 25.3 Å². The summed E-state index contributed by atoms with van der Waals surface area (Å²) in [6.45, 7) is 1.78. The quantitative estimate of drug-likeness (QED) is 0.836. The largest absolute Gasteiger partial charge is 0.468 e. The van der Waals surface area contributed by atoms with Crippen molar-refractivity contribution in [2.75, 3.05) is 7.11 Å². The zero-order valence-electron chi connectivity index (χ0n) is 11.2. The highest BCUT2D eigenvalue weighted by Crippen LogP contribution is 2.43. The van der Waals surface area contributed by atoms with Crippen molar-refractivity contribution in [1.82, 2.24) is 5.32 Å². The van der Waals surface area contributed by atoms with Crippen LogP contribution in [0.5, 0.6) is 0 Å². The summed E-state index contributed by atoms with van der Waals surface area (Å²) < 4.78 is 4.68. The number of hydrogen-bond acceptors (Lipinski definition) is 4. The third-order valence-corrected chi connectivity index (χ3v) is 3.77. The third kappa shape index (κ3) is 2.61. The average molecular weight is 258 g/mol. The zero-order chi connectivity index (χ0) is 13.9. The van der Waals surface area contributed by atoms with Crippen LogP contribution in [0.3, 0.4) is 0 Å². The van der Waals surface area contributed by atoms with Gasteiger partial charge in [-0.25, -0.2) is 0 Å². The Morgan fingerprint density at radius 2 is 2.11 bits per heavy atom. The number of nitrogens with one attached hydrogen (secondary N) is 1. The maximum atomic E-state index is 11.3. The Bertz CT molecular complexity index is 487. The second-order valence-electron chi connectivity index (χ2n) is 5.08. The van der Waals surface area contributed by atoms with Crippen LogP contribution in [0.25, 0.3) is 0 Å². The number of carbonyl (C=O) groups is 1. The third-order valence-electron chi connectivity index (χ3n) is 3.77. The fraction of sp³-hybridized carbons (Fsp3) is 0.467. The molecule has 0 heterocycles. The molecule has 1 aromatic rings. The number of nitriles is 1. The lowest BCUT2D eigenvalue weighted by Crippen LogP contribution is -2.54. The molecule has 1 N–H and O–H groups in total. The molecule has 19 heavy (non-hydrogen) atoms. The van der Waals surface area contributed by atoms with Crippen molar-refractivity contribution in [2.45, 2.75) is 37.3 Å². The highest BCUT2D eigenvalue weighted by Gasteiger charge is 2.46. The number of hydrogen-bond donors (Lipinski definition) is 1. The molecule has 1 atom stereocenters. The van der Waals surface area contributed by atoms with Crippen molar-refractivity contribution in [3.8, 4) is 6.07 Å². The fourth-order valence-electron chi connectivity index (χ4n) is 2.65. The van der Waals surface area contributed by atoms with Crippen LogP contribution in [0.15, 0.2) is 30.3 Å². The Labute approximate surface area is 113 Å². The number of carbonyl (C=O) groups excluding carboxylic acids is 1. The van der Waals surface area contributed by atoms with Gasteiger partial charge in [0, 0.05) is 6.04 Å². The van der Waals surface area contributed by atoms with E-state index in [2.05, 4.69) is 16.1 Å². The van der Waals surface area contributed by atoms with Gasteiger partial charge in [0.05, 0.1) is 18.6 Å². The molecule has 0 aliphatic heterocycles. The van der Waals surface area contributed by atoms with Crippen LogP contribution in [0, 0.1) is 11.3 Å². The van der Waals surface area contributed by atoms with E-state index < -0.39 is 5.41 Å². The van der Waals surface area contributed by atoms with E-state index in [1.165, 1.54) is 7.11 Å². The summed E-state index contributed by atoms with van der Waals surface area (Å²) in [7, 11) is 1.38. The van der Waals surface area contributed by atoms with Gasteiger partial charge in [0.15, 0.2) is 0 Å². The maximum absolute atomic E-state index is 11.3. The van der Waals surface area contributed by atoms with Crippen molar-refractivity contribution >= 4 is 5.97 Å². The lowest BCUT2D eigenvalue weighted by atomic mass is 9.62. The molecule has 1 saturated carbocycles. The molecule has 0 aromatic heterocycles. The van der Waals surface area contributed by atoms with Crippen molar-refractivity contribution in [3.63, 3.8) is 0 Å². The van der Waals surface area contributed by atoms with Crippen LogP contribution in [-0.2, 0) is 14.9 Å². The molecule has 0 radical (unpaired) electrons. The van der Waals surface area contributed by atoms with Gasteiger partial charge in [0.2, 0.25) is 0 Å². The monoisotopic (exact) mass is 258 g/mol. The van der Waals surface area contributed by atoms with Gasteiger partial charge in [-0.3, -0.25) is 4.79 Å². The molecular weight excluding hydrogens is 240 g/mol. The first kappa shape index (κ1) is 13.6. The lowest BCUT2D eigenvalue weighted by molar-refractivity contribution is -0.143. The molecule has 1 aliphatic rings. The Hall–Kier alpha value is -1.86. The average Bonchev–Trinajstić information content (AvgIpc) is 2.42. The molecule has 2 rings (SSSR count). The molecule has 1 aromatic carbocycles. The van der Waals surface area contributed by atoms with E-state index in [4.69, 9.17) is 0 Å². The number of nitrogens with zero attached hydrogens (tertiary/aromatic N) is 1. The molecule has 0 unspecified atom stereocenters. The summed E-state index contributed by atoms with van der Waals surface area (Å²) in [6, 6.07) is 12.1. The fourth-order valence-corrected chi connectivity index (χ4v) is 2.65. The molecule has 4 heteroatoms. The summed E-state index contributed by atoms with van der Waals surface area (Å²) in [5.41, 5.74) is 0.649. The van der Waals surface area contributed by atoms with Crippen molar-refractivity contribution in [1.29, 1.82) is 5.26 Å². The Morgan fingerprint density at radius 3 is 2.63 bits per heavy atom. The summed E-state index contributed by atoms with van der Waals surface area (Å²) in [5.74, 6) is -0.269. The van der Waals surface area contributed by atoms with Gasteiger partial charge in [-0.15, -0.1) is 0 Å². The standard InChI is InChI=1S/C15H18N2O2/c1-11(14(18)19-2)17-13-8-15(9-13,10-16)12-6-4-3-5-7-12/h3-7,11,13,17H,8-9H2,1-2H3/t11-,13?,15?/m0/s1. The number of esters is 1. The van der Waals surface area contributed by atoms with Crippen molar-refractivity contribution < 1.29 is 9.53 Å². The number of methoxy groups -OCH3 is 1. The van der Waals surface area contributed by atoms with Gasteiger partial charge in [-0.2, -0.15) is 5.26 Å². The van der Waals surface area contributed by atoms with E-state index in [9.17, 15) is 10.1 Å². The lowest BCUT2D eigenvalue weighted by Gasteiger charge is -2.44. The first-order chi connectivity index (χ1) is 9.11. The van der Waals surface area contributed by atoms with E-state index in [1.807, 2.05) is 30.3 Å². The summed E-state index contributed by atoms with van der Waals surface area (Å²) >= 11 is 0. The molecule has 1 fully saturated rings. The summed E-state index contributed by atoms with van der Waals surface area (Å²) in [6.07, 6.45) is 1.46. The van der Waals surface area contributed by atoms with Crippen LogP contribution >= 0.6 is 0 Å². The van der Waals surface area contributed by atoms with Crippen LogP contribution in [0.2, 0.25) is 0 Å². The van der Waals surface area contributed by atoms with Crippen molar-refractivity contribution in [2.24, 2.45) is 0 Å². The van der Waals surface area contributed by atoms with Crippen LogP contribution in [-0.4, -0.2) is 25.2 Å². The minimum Gasteiger partial charge on any atom is -0.468 e. The van der Waals surface area contributed by atoms with Gasteiger partial charge in [-0.1, -0.05) is 30.3 Å². The van der Waals surface area contributed by atoms with E-state index in [-0.39, 0.29) is 18.1 Å². The summed E-state index contributed by atoms with van der Waals surface area (Å²) in [4.78, 5) is 11.3.